The van der Waals surface area contributed by atoms with Gasteiger partial charge >= 0.3 is 0 Å². The predicted molar refractivity (Wildman–Crippen MR) is 63.5 cm³/mol. The summed E-state index contributed by atoms with van der Waals surface area (Å²) in [6.07, 6.45) is 3.94. The molecule has 0 amide bonds. The first-order valence-corrected chi connectivity index (χ1v) is 5.86. The number of aryl methyl sites for hydroxylation is 2. The van der Waals surface area contributed by atoms with Gasteiger partial charge in [0.1, 0.15) is 5.82 Å². The first-order chi connectivity index (χ1) is 7.70. The summed E-state index contributed by atoms with van der Waals surface area (Å²) in [5.41, 5.74) is 2.00. The molecule has 4 heteroatoms. The van der Waals surface area contributed by atoms with Crippen LogP contribution in [0.3, 0.4) is 0 Å². The fraction of sp³-hybridized carbons (Fsp3) is 0.667. The number of anilines is 1. The van der Waals surface area contributed by atoms with Crippen molar-refractivity contribution in [3.8, 4) is 0 Å². The summed E-state index contributed by atoms with van der Waals surface area (Å²) in [6, 6.07) is 0. The van der Waals surface area contributed by atoms with Gasteiger partial charge in [-0.2, -0.15) is 0 Å². The number of rotatable bonds is 2. The fourth-order valence-corrected chi connectivity index (χ4v) is 2.03. The molecule has 0 radical (unpaired) electrons. The molecule has 0 aliphatic carbocycles. The van der Waals surface area contributed by atoms with Crippen molar-refractivity contribution in [2.24, 2.45) is 5.92 Å². The van der Waals surface area contributed by atoms with Crippen LogP contribution in [0.2, 0.25) is 0 Å². The van der Waals surface area contributed by atoms with E-state index in [1.165, 1.54) is 0 Å². The Labute approximate surface area is 96.3 Å². The van der Waals surface area contributed by atoms with Crippen LogP contribution in [0.15, 0.2) is 6.20 Å². The van der Waals surface area contributed by atoms with Crippen molar-refractivity contribution in [1.82, 2.24) is 9.97 Å². The van der Waals surface area contributed by atoms with Crippen molar-refractivity contribution in [3.63, 3.8) is 0 Å². The Bertz CT molecular complexity index is 359. The van der Waals surface area contributed by atoms with Crippen molar-refractivity contribution >= 4 is 5.82 Å². The number of hydrogen-bond donors (Lipinski definition) is 1. The highest BCUT2D eigenvalue weighted by Gasteiger charge is 2.19. The third-order valence-electron chi connectivity index (χ3n) is 3.38. The zero-order valence-electron chi connectivity index (χ0n) is 9.98. The van der Waals surface area contributed by atoms with Gasteiger partial charge < -0.3 is 10.0 Å². The minimum Gasteiger partial charge on any atom is -0.396 e. The zero-order valence-corrected chi connectivity index (χ0v) is 9.98. The molecule has 1 saturated heterocycles. The van der Waals surface area contributed by atoms with Gasteiger partial charge in [-0.3, -0.25) is 4.98 Å². The summed E-state index contributed by atoms with van der Waals surface area (Å²) in [5.74, 6) is 1.44. The van der Waals surface area contributed by atoms with Crippen LogP contribution >= 0.6 is 0 Å². The number of aromatic nitrogens is 2. The zero-order chi connectivity index (χ0) is 11.5. The van der Waals surface area contributed by atoms with E-state index in [9.17, 15) is 0 Å². The van der Waals surface area contributed by atoms with Crippen LogP contribution < -0.4 is 4.90 Å². The molecular formula is C12H19N3O. The Balaban J connectivity index is 2.05. The molecular weight excluding hydrogens is 202 g/mol. The van der Waals surface area contributed by atoms with E-state index in [4.69, 9.17) is 5.11 Å². The first kappa shape index (κ1) is 11.3. The standard InChI is InChI=1S/C12H19N3O/c1-9-10(2)14-12(7-13-9)15-5-3-11(8-16)4-6-15/h7,11,16H,3-6,8H2,1-2H3. The lowest BCUT2D eigenvalue weighted by Gasteiger charge is -2.31. The molecule has 1 aliphatic rings. The molecule has 0 spiro atoms. The molecule has 1 N–H and O–H groups in total. The second kappa shape index (κ2) is 4.78. The van der Waals surface area contributed by atoms with Gasteiger partial charge in [-0.05, 0) is 32.6 Å². The Kier molecular flexibility index (Phi) is 3.39. The minimum atomic E-state index is 0.312. The molecule has 2 rings (SSSR count). The minimum absolute atomic E-state index is 0.312. The molecule has 88 valence electrons. The van der Waals surface area contributed by atoms with Gasteiger partial charge in [0.15, 0.2) is 0 Å². The Hall–Kier alpha value is -1.16. The van der Waals surface area contributed by atoms with Crippen LogP contribution in [0.5, 0.6) is 0 Å². The van der Waals surface area contributed by atoms with E-state index in [1.54, 1.807) is 0 Å². The Morgan fingerprint density at radius 1 is 1.31 bits per heavy atom. The summed E-state index contributed by atoms with van der Waals surface area (Å²) >= 11 is 0. The quantitative estimate of drug-likeness (QED) is 0.818. The third-order valence-corrected chi connectivity index (χ3v) is 3.38. The van der Waals surface area contributed by atoms with E-state index in [2.05, 4.69) is 14.9 Å². The van der Waals surface area contributed by atoms with Gasteiger partial charge in [0.2, 0.25) is 0 Å². The number of hydrogen-bond acceptors (Lipinski definition) is 4. The van der Waals surface area contributed by atoms with Gasteiger partial charge in [-0.15, -0.1) is 0 Å². The monoisotopic (exact) mass is 221 g/mol. The van der Waals surface area contributed by atoms with E-state index in [0.717, 1.165) is 43.1 Å². The second-order valence-electron chi connectivity index (χ2n) is 4.51. The van der Waals surface area contributed by atoms with Gasteiger partial charge in [0.05, 0.1) is 17.6 Å². The molecule has 0 atom stereocenters. The second-order valence-corrected chi connectivity index (χ2v) is 4.51. The van der Waals surface area contributed by atoms with Crippen molar-refractivity contribution in [2.45, 2.75) is 26.7 Å². The summed E-state index contributed by atoms with van der Waals surface area (Å²) in [5, 5.41) is 9.08. The maximum absolute atomic E-state index is 9.08. The van der Waals surface area contributed by atoms with Gasteiger partial charge in [-0.1, -0.05) is 0 Å². The van der Waals surface area contributed by atoms with Crippen LogP contribution in [0.25, 0.3) is 0 Å². The van der Waals surface area contributed by atoms with E-state index < -0.39 is 0 Å². The molecule has 2 heterocycles. The molecule has 0 unspecified atom stereocenters. The molecule has 0 bridgehead atoms. The van der Waals surface area contributed by atoms with Crippen molar-refractivity contribution in [1.29, 1.82) is 0 Å². The highest BCUT2D eigenvalue weighted by atomic mass is 16.3. The number of aliphatic hydroxyl groups excluding tert-OH is 1. The molecule has 4 nitrogen and oxygen atoms in total. The van der Waals surface area contributed by atoms with Crippen molar-refractivity contribution < 1.29 is 5.11 Å². The summed E-state index contributed by atoms with van der Waals surface area (Å²) in [6.45, 7) is 6.23. The maximum atomic E-state index is 9.08. The average Bonchev–Trinajstić information content (AvgIpc) is 2.33. The summed E-state index contributed by atoms with van der Waals surface area (Å²) in [7, 11) is 0. The average molecular weight is 221 g/mol. The lowest BCUT2D eigenvalue weighted by molar-refractivity contribution is 0.202. The lowest BCUT2D eigenvalue weighted by Crippen LogP contribution is -2.35. The summed E-state index contributed by atoms with van der Waals surface area (Å²) < 4.78 is 0. The smallest absolute Gasteiger partial charge is 0.147 e. The predicted octanol–water partition coefficient (Wildman–Crippen LogP) is 1.30. The molecule has 1 aliphatic heterocycles. The molecule has 1 fully saturated rings. The summed E-state index contributed by atoms with van der Waals surface area (Å²) in [4.78, 5) is 11.1. The van der Waals surface area contributed by atoms with Crippen LogP contribution in [-0.2, 0) is 0 Å². The SMILES string of the molecule is Cc1ncc(N2CCC(CO)CC2)nc1C. The van der Waals surface area contributed by atoms with Gasteiger partial charge in [0, 0.05) is 19.7 Å². The van der Waals surface area contributed by atoms with Crippen LogP contribution in [0, 0.1) is 19.8 Å². The molecule has 1 aromatic rings. The van der Waals surface area contributed by atoms with Gasteiger partial charge in [-0.25, -0.2) is 4.98 Å². The Morgan fingerprint density at radius 2 is 2.00 bits per heavy atom. The third kappa shape index (κ3) is 2.32. The van der Waals surface area contributed by atoms with E-state index in [1.807, 2.05) is 20.0 Å². The number of aliphatic hydroxyl groups is 1. The van der Waals surface area contributed by atoms with E-state index in [-0.39, 0.29) is 0 Å². The lowest BCUT2D eigenvalue weighted by atomic mass is 9.98. The number of nitrogens with zero attached hydrogens (tertiary/aromatic N) is 3. The normalized spacial score (nSPS) is 17.8. The first-order valence-electron chi connectivity index (χ1n) is 5.86. The van der Waals surface area contributed by atoms with E-state index >= 15 is 0 Å². The molecule has 0 aromatic carbocycles. The topological polar surface area (TPSA) is 49.2 Å². The largest absolute Gasteiger partial charge is 0.396 e. The maximum Gasteiger partial charge on any atom is 0.147 e. The molecule has 0 saturated carbocycles. The van der Waals surface area contributed by atoms with Crippen LogP contribution in [0.4, 0.5) is 5.82 Å². The van der Waals surface area contributed by atoms with Gasteiger partial charge in [0.25, 0.3) is 0 Å². The van der Waals surface area contributed by atoms with Crippen LogP contribution in [-0.4, -0.2) is 34.8 Å². The highest BCUT2D eigenvalue weighted by molar-refractivity contribution is 5.37. The van der Waals surface area contributed by atoms with Crippen LogP contribution in [0.1, 0.15) is 24.2 Å². The van der Waals surface area contributed by atoms with E-state index in [0.29, 0.717) is 12.5 Å². The Morgan fingerprint density at radius 3 is 2.56 bits per heavy atom. The van der Waals surface area contributed by atoms with Crippen molar-refractivity contribution in [2.75, 3.05) is 24.6 Å². The highest BCUT2D eigenvalue weighted by Crippen LogP contribution is 2.21. The fourth-order valence-electron chi connectivity index (χ4n) is 2.03. The molecule has 16 heavy (non-hydrogen) atoms. The van der Waals surface area contributed by atoms with Crippen molar-refractivity contribution in [3.05, 3.63) is 17.6 Å². The molecule has 1 aromatic heterocycles. The number of piperidine rings is 1.